The number of nitrogens with one attached hydrogen (secondary N) is 2. The van der Waals surface area contributed by atoms with Crippen molar-refractivity contribution >= 4 is 29.1 Å². The lowest BCUT2D eigenvalue weighted by atomic mass is 10.0. The fourth-order valence-corrected chi connectivity index (χ4v) is 2.34. The summed E-state index contributed by atoms with van der Waals surface area (Å²) in [5.74, 6) is 0.316. The second-order valence-corrected chi connectivity index (χ2v) is 5.19. The minimum atomic E-state index is -0.705. The van der Waals surface area contributed by atoms with E-state index in [1.807, 2.05) is 0 Å². The smallest absolute Gasteiger partial charge is 0.410 e. The number of carbonyl (C=O) groups is 2. The van der Waals surface area contributed by atoms with Gasteiger partial charge in [-0.3, -0.25) is 20.2 Å². The van der Waals surface area contributed by atoms with Crippen LogP contribution in [0.3, 0.4) is 0 Å². The van der Waals surface area contributed by atoms with Crippen LogP contribution in [-0.2, 0) is 11.2 Å². The van der Waals surface area contributed by atoms with E-state index in [2.05, 4.69) is 10.6 Å². The Kier molecular flexibility index (Phi) is 4.11. The van der Waals surface area contributed by atoms with Gasteiger partial charge in [-0.15, -0.1) is 0 Å². The predicted octanol–water partition coefficient (Wildman–Crippen LogP) is 3.09. The summed E-state index contributed by atoms with van der Waals surface area (Å²) < 4.78 is 5.19. The number of rotatable bonds is 3. The van der Waals surface area contributed by atoms with Crippen LogP contribution >= 0.6 is 0 Å². The SMILES string of the molecule is O=C1CCc2cc(OC(=O)Nc3ccc([N+](=O)[O-])cc3)ccc2N1. The molecule has 1 aliphatic rings. The number of nitrogens with zero attached hydrogens (tertiary/aromatic N) is 1. The van der Waals surface area contributed by atoms with Gasteiger partial charge >= 0.3 is 6.09 Å². The molecule has 0 aliphatic carbocycles. The molecule has 122 valence electrons. The van der Waals surface area contributed by atoms with E-state index in [1.54, 1.807) is 18.2 Å². The molecule has 0 radical (unpaired) electrons. The number of fused-ring (bicyclic) bond motifs is 1. The molecular formula is C16H13N3O5. The average molecular weight is 327 g/mol. The van der Waals surface area contributed by atoms with E-state index in [1.165, 1.54) is 24.3 Å². The molecule has 0 atom stereocenters. The number of nitro groups is 1. The van der Waals surface area contributed by atoms with Crippen molar-refractivity contribution in [1.29, 1.82) is 0 Å². The van der Waals surface area contributed by atoms with E-state index in [0.29, 0.717) is 24.3 Å². The quantitative estimate of drug-likeness (QED) is 0.665. The third-order valence-electron chi connectivity index (χ3n) is 3.51. The van der Waals surface area contributed by atoms with Gasteiger partial charge in [0.15, 0.2) is 0 Å². The first-order valence-corrected chi connectivity index (χ1v) is 7.17. The van der Waals surface area contributed by atoms with Crippen LogP contribution in [0, 0.1) is 10.1 Å². The van der Waals surface area contributed by atoms with Crippen molar-refractivity contribution in [2.45, 2.75) is 12.8 Å². The zero-order valence-electron chi connectivity index (χ0n) is 12.4. The summed E-state index contributed by atoms with van der Waals surface area (Å²) in [5.41, 5.74) is 1.94. The molecule has 2 aromatic carbocycles. The first kappa shape index (κ1) is 15.5. The maximum absolute atomic E-state index is 11.9. The number of hydrogen-bond acceptors (Lipinski definition) is 5. The molecule has 1 heterocycles. The van der Waals surface area contributed by atoms with Gasteiger partial charge in [-0.05, 0) is 42.3 Å². The Labute approximate surface area is 136 Å². The van der Waals surface area contributed by atoms with Crippen molar-refractivity contribution in [3.63, 3.8) is 0 Å². The number of non-ortho nitro benzene ring substituents is 1. The van der Waals surface area contributed by atoms with Crippen molar-refractivity contribution in [3.05, 3.63) is 58.1 Å². The van der Waals surface area contributed by atoms with Gasteiger partial charge in [0.05, 0.1) is 4.92 Å². The Morgan fingerprint density at radius 1 is 1.17 bits per heavy atom. The van der Waals surface area contributed by atoms with E-state index >= 15 is 0 Å². The molecule has 0 spiro atoms. The van der Waals surface area contributed by atoms with Gasteiger partial charge < -0.3 is 10.1 Å². The number of amides is 2. The number of benzene rings is 2. The molecule has 0 unspecified atom stereocenters. The van der Waals surface area contributed by atoms with Gasteiger partial charge in [-0.1, -0.05) is 0 Å². The Balaban J connectivity index is 1.64. The van der Waals surface area contributed by atoms with E-state index < -0.39 is 11.0 Å². The highest BCUT2D eigenvalue weighted by atomic mass is 16.6. The highest BCUT2D eigenvalue weighted by molar-refractivity contribution is 5.94. The highest BCUT2D eigenvalue weighted by Gasteiger charge is 2.16. The van der Waals surface area contributed by atoms with Crippen LogP contribution in [0.25, 0.3) is 0 Å². The number of aryl methyl sites for hydroxylation is 1. The van der Waals surface area contributed by atoms with Gasteiger partial charge in [-0.2, -0.15) is 0 Å². The predicted molar refractivity (Wildman–Crippen MR) is 86.1 cm³/mol. The Bertz CT molecular complexity index is 817. The molecule has 0 fully saturated rings. The fraction of sp³-hybridized carbons (Fsp3) is 0.125. The van der Waals surface area contributed by atoms with Crippen LogP contribution in [0.2, 0.25) is 0 Å². The number of anilines is 2. The standard InChI is InChI=1S/C16H13N3O5/c20-15-8-1-10-9-13(6-7-14(10)18-15)24-16(21)17-11-2-4-12(5-3-11)19(22)23/h2-7,9H,1,8H2,(H,17,21)(H,18,20). The van der Waals surface area contributed by atoms with Crippen LogP contribution in [-0.4, -0.2) is 16.9 Å². The summed E-state index contributed by atoms with van der Waals surface area (Å²) >= 11 is 0. The van der Waals surface area contributed by atoms with Crippen molar-refractivity contribution in [2.24, 2.45) is 0 Å². The lowest BCUT2D eigenvalue weighted by molar-refractivity contribution is -0.384. The molecule has 0 saturated carbocycles. The van der Waals surface area contributed by atoms with Crippen LogP contribution in [0.15, 0.2) is 42.5 Å². The molecule has 0 aromatic heterocycles. The zero-order valence-corrected chi connectivity index (χ0v) is 12.4. The van der Waals surface area contributed by atoms with Crippen molar-refractivity contribution in [1.82, 2.24) is 0 Å². The number of hydrogen-bond donors (Lipinski definition) is 2. The molecule has 3 rings (SSSR count). The van der Waals surface area contributed by atoms with Gasteiger partial charge in [0, 0.05) is 29.9 Å². The maximum atomic E-state index is 11.9. The van der Waals surface area contributed by atoms with Gasteiger partial charge in [0.25, 0.3) is 5.69 Å². The lowest BCUT2D eigenvalue weighted by Crippen LogP contribution is -2.20. The summed E-state index contributed by atoms with van der Waals surface area (Å²) in [5, 5.41) is 15.8. The number of ether oxygens (including phenoxy) is 1. The molecule has 0 bridgehead atoms. The molecule has 1 aliphatic heterocycles. The van der Waals surface area contributed by atoms with Gasteiger partial charge in [0.1, 0.15) is 5.75 Å². The minimum absolute atomic E-state index is 0.0351. The third kappa shape index (κ3) is 3.49. The molecular weight excluding hydrogens is 314 g/mol. The topological polar surface area (TPSA) is 111 Å². The van der Waals surface area contributed by atoms with Crippen molar-refractivity contribution in [2.75, 3.05) is 10.6 Å². The largest absolute Gasteiger partial charge is 0.417 e. The fourth-order valence-electron chi connectivity index (χ4n) is 2.34. The van der Waals surface area contributed by atoms with Crippen LogP contribution in [0.1, 0.15) is 12.0 Å². The Morgan fingerprint density at radius 2 is 1.92 bits per heavy atom. The first-order chi connectivity index (χ1) is 11.5. The normalized spacial score (nSPS) is 12.8. The summed E-state index contributed by atoms with van der Waals surface area (Å²) in [6, 6.07) is 10.4. The highest BCUT2D eigenvalue weighted by Crippen LogP contribution is 2.27. The van der Waals surface area contributed by atoms with Crippen LogP contribution in [0.5, 0.6) is 5.75 Å². The molecule has 2 amide bonds. The van der Waals surface area contributed by atoms with E-state index in [0.717, 1.165) is 11.3 Å². The first-order valence-electron chi connectivity index (χ1n) is 7.17. The zero-order chi connectivity index (χ0) is 17.1. The number of carbonyl (C=O) groups excluding carboxylic acids is 2. The van der Waals surface area contributed by atoms with Crippen LogP contribution < -0.4 is 15.4 Å². The molecule has 0 saturated heterocycles. The Hall–Kier alpha value is -3.42. The molecule has 8 heteroatoms. The van der Waals surface area contributed by atoms with Crippen molar-refractivity contribution < 1.29 is 19.2 Å². The average Bonchev–Trinajstić information content (AvgIpc) is 2.55. The van der Waals surface area contributed by atoms with E-state index in [9.17, 15) is 19.7 Å². The summed E-state index contributed by atoms with van der Waals surface area (Å²) in [6.07, 6.45) is 0.275. The molecule has 8 nitrogen and oxygen atoms in total. The lowest BCUT2D eigenvalue weighted by Gasteiger charge is -2.17. The third-order valence-corrected chi connectivity index (χ3v) is 3.51. The van der Waals surface area contributed by atoms with Crippen molar-refractivity contribution in [3.8, 4) is 5.75 Å². The molecule has 2 N–H and O–H groups in total. The Morgan fingerprint density at radius 3 is 2.62 bits per heavy atom. The van der Waals surface area contributed by atoms with E-state index in [-0.39, 0.29) is 11.6 Å². The molecule has 2 aromatic rings. The minimum Gasteiger partial charge on any atom is -0.410 e. The van der Waals surface area contributed by atoms with E-state index in [4.69, 9.17) is 4.74 Å². The summed E-state index contributed by atoms with van der Waals surface area (Å²) in [6.45, 7) is 0. The second-order valence-electron chi connectivity index (χ2n) is 5.19. The monoisotopic (exact) mass is 327 g/mol. The second kappa shape index (κ2) is 6.37. The maximum Gasteiger partial charge on any atom is 0.417 e. The van der Waals surface area contributed by atoms with Gasteiger partial charge in [0.2, 0.25) is 5.91 Å². The van der Waals surface area contributed by atoms with Gasteiger partial charge in [-0.25, -0.2) is 4.79 Å². The summed E-state index contributed by atoms with van der Waals surface area (Å²) in [7, 11) is 0. The van der Waals surface area contributed by atoms with Crippen LogP contribution in [0.4, 0.5) is 21.9 Å². The summed E-state index contributed by atoms with van der Waals surface area (Å²) in [4.78, 5) is 33.3. The number of nitro benzene ring substituents is 1. The molecule has 24 heavy (non-hydrogen) atoms.